The minimum Gasteiger partial charge on any atom is -0.496 e. The lowest BCUT2D eigenvalue weighted by Crippen LogP contribution is -2.11. The molecule has 0 saturated carbocycles. The summed E-state index contributed by atoms with van der Waals surface area (Å²) in [5.41, 5.74) is 3.49. The second-order valence-corrected chi connectivity index (χ2v) is 8.10. The van der Waals surface area contributed by atoms with Gasteiger partial charge in [-0.3, -0.25) is 9.59 Å². The molecule has 0 fully saturated rings. The first kappa shape index (κ1) is 23.9. The number of aliphatic carboxylic acids is 1. The van der Waals surface area contributed by atoms with Crippen LogP contribution in [0.4, 0.5) is 5.69 Å². The van der Waals surface area contributed by atoms with Gasteiger partial charge in [0.2, 0.25) is 0 Å². The zero-order valence-electron chi connectivity index (χ0n) is 18.8. The van der Waals surface area contributed by atoms with Crippen molar-refractivity contribution in [3.05, 3.63) is 107 Å². The van der Waals surface area contributed by atoms with Crippen LogP contribution >= 0.6 is 11.6 Å². The van der Waals surface area contributed by atoms with E-state index in [2.05, 4.69) is 5.32 Å². The summed E-state index contributed by atoms with van der Waals surface area (Å²) in [5, 5.41) is 12.1. The molecule has 0 heterocycles. The van der Waals surface area contributed by atoms with Crippen molar-refractivity contribution in [2.45, 2.75) is 6.42 Å². The lowest BCUT2D eigenvalue weighted by molar-refractivity contribution is -0.136. The van der Waals surface area contributed by atoms with Gasteiger partial charge >= 0.3 is 5.97 Å². The number of ether oxygens (including phenoxy) is 2. The predicted molar refractivity (Wildman–Crippen MR) is 136 cm³/mol. The van der Waals surface area contributed by atoms with Crippen molar-refractivity contribution in [1.82, 2.24) is 0 Å². The molecule has 0 spiro atoms. The number of para-hydroxylation sites is 1. The van der Waals surface area contributed by atoms with Crippen molar-refractivity contribution >= 4 is 29.2 Å². The third-order valence-corrected chi connectivity index (χ3v) is 5.53. The van der Waals surface area contributed by atoms with Crippen LogP contribution in [0, 0.1) is 0 Å². The molecule has 0 aromatic heterocycles. The van der Waals surface area contributed by atoms with E-state index in [4.69, 9.17) is 26.2 Å². The number of carbonyl (C=O) groups excluding carboxylic acids is 1. The molecule has 0 aliphatic carbocycles. The first-order valence-electron chi connectivity index (χ1n) is 10.8. The van der Waals surface area contributed by atoms with Crippen molar-refractivity contribution < 1.29 is 24.2 Å². The molecule has 6 nitrogen and oxygen atoms in total. The molecule has 7 heteroatoms. The standard InChI is InChI=1S/C28H22ClNO5/c1-34-25-8-3-2-7-23(25)19-5-4-6-20(17-19)28(33)30-21-10-12-22(13-11-21)35-26-14-9-18(15-24(26)29)16-27(31)32/h2-15,17H,16H2,1H3,(H,30,33)(H,31,32). The van der Waals surface area contributed by atoms with Gasteiger partial charge in [-0.05, 0) is 65.7 Å². The van der Waals surface area contributed by atoms with Crippen LogP contribution in [0.1, 0.15) is 15.9 Å². The van der Waals surface area contributed by atoms with Crippen LogP contribution in [0.25, 0.3) is 11.1 Å². The lowest BCUT2D eigenvalue weighted by Gasteiger charge is -2.11. The van der Waals surface area contributed by atoms with Gasteiger partial charge in [0.25, 0.3) is 5.91 Å². The Morgan fingerprint density at radius 1 is 0.886 bits per heavy atom. The minimum absolute atomic E-state index is 0.115. The van der Waals surface area contributed by atoms with Crippen molar-refractivity contribution in [2.24, 2.45) is 0 Å². The van der Waals surface area contributed by atoms with E-state index in [0.717, 1.165) is 16.9 Å². The second-order valence-electron chi connectivity index (χ2n) is 7.70. The molecule has 0 unspecified atom stereocenters. The number of carboxylic acid groups (broad SMARTS) is 1. The molecule has 4 aromatic rings. The Morgan fingerprint density at radius 2 is 1.66 bits per heavy atom. The Bertz CT molecular complexity index is 1370. The van der Waals surface area contributed by atoms with Crippen LogP contribution < -0.4 is 14.8 Å². The monoisotopic (exact) mass is 487 g/mol. The van der Waals surface area contributed by atoms with Crippen molar-refractivity contribution in [3.63, 3.8) is 0 Å². The Morgan fingerprint density at radius 3 is 2.37 bits per heavy atom. The number of methoxy groups -OCH3 is 1. The highest BCUT2D eigenvalue weighted by Crippen LogP contribution is 2.32. The van der Waals surface area contributed by atoms with Crippen LogP contribution in [0.5, 0.6) is 17.2 Å². The number of amides is 1. The number of carboxylic acids is 1. The number of hydrogen-bond donors (Lipinski definition) is 2. The molecule has 4 rings (SSSR count). The number of rotatable bonds is 8. The molecule has 0 bridgehead atoms. The van der Waals surface area contributed by atoms with Crippen molar-refractivity contribution in [2.75, 3.05) is 12.4 Å². The summed E-state index contributed by atoms with van der Waals surface area (Å²) in [6.07, 6.45) is -0.115. The van der Waals surface area contributed by atoms with Gasteiger partial charge in [-0.15, -0.1) is 0 Å². The summed E-state index contributed by atoms with van der Waals surface area (Å²) in [7, 11) is 1.62. The molecular weight excluding hydrogens is 466 g/mol. The van der Waals surface area contributed by atoms with E-state index in [9.17, 15) is 9.59 Å². The average molecular weight is 488 g/mol. The molecule has 0 radical (unpaired) electrons. The second kappa shape index (κ2) is 10.8. The van der Waals surface area contributed by atoms with E-state index in [0.29, 0.717) is 33.3 Å². The number of halogens is 1. The van der Waals surface area contributed by atoms with Gasteiger partial charge in [-0.1, -0.05) is 48.0 Å². The number of hydrogen-bond acceptors (Lipinski definition) is 4. The zero-order chi connectivity index (χ0) is 24.8. The number of benzene rings is 4. The fourth-order valence-electron chi connectivity index (χ4n) is 3.56. The maximum atomic E-state index is 12.8. The normalized spacial score (nSPS) is 10.5. The van der Waals surface area contributed by atoms with E-state index < -0.39 is 5.97 Å². The van der Waals surface area contributed by atoms with E-state index in [1.165, 1.54) is 0 Å². The Labute approximate surface area is 207 Å². The zero-order valence-corrected chi connectivity index (χ0v) is 19.6. The third-order valence-electron chi connectivity index (χ3n) is 5.23. The summed E-state index contributed by atoms with van der Waals surface area (Å²) in [4.78, 5) is 23.7. The van der Waals surface area contributed by atoms with Crippen LogP contribution in [-0.2, 0) is 11.2 Å². The van der Waals surface area contributed by atoms with E-state index >= 15 is 0 Å². The molecule has 2 N–H and O–H groups in total. The summed E-state index contributed by atoms with van der Waals surface area (Å²) in [5.74, 6) is 0.489. The maximum absolute atomic E-state index is 12.8. The van der Waals surface area contributed by atoms with Gasteiger partial charge in [0.15, 0.2) is 0 Å². The molecule has 1 amide bonds. The van der Waals surface area contributed by atoms with E-state index in [1.54, 1.807) is 55.6 Å². The van der Waals surface area contributed by atoms with Gasteiger partial charge < -0.3 is 19.9 Å². The molecule has 4 aromatic carbocycles. The topological polar surface area (TPSA) is 84.9 Å². The molecule has 0 aliphatic rings. The Kier molecular flexibility index (Phi) is 7.33. The molecule has 35 heavy (non-hydrogen) atoms. The average Bonchev–Trinajstić information content (AvgIpc) is 2.86. The fourth-order valence-corrected chi connectivity index (χ4v) is 3.80. The molecular formula is C28H22ClNO5. The Hall–Kier alpha value is -4.29. The van der Waals surface area contributed by atoms with E-state index in [1.807, 2.05) is 42.5 Å². The quantitative estimate of drug-likeness (QED) is 0.289. The summed E-state index contributed by atoms with van der Waals surface area (Å²) < 4.78 is 11.2. The maximum Gasteiger partial charge on any atom is 0.307 e. The van der Waals surface area contributed by atoms with Gasteiger partial charge in [0.1, 0.15) is 17.2 Å². The van der Waals surface area contributed by atoms with Crippen molar-refractivity contribution in [1.29, 1.82) is 0 Å². The molecule has 0 aliphatic heterocycles. The highest BCUT2D eigenvalue weighted by Gasteiger charge is 2.11. The van der Waals surface area contributed by atoms with Crippen LogP contribution in [0.2, 0.25) is 5.02 Å². The molecule has 176 valence electrons. The first-order chi connectivity index (χ1) is 16.9. The minimum atomic E-state index is -0.932. The van der Waals surface area contributed by atoms with Crippen molar-refractivity contribution in [3.8, 4) is 28.4 Å². The highest BCUT2D eigenvalue weighted by atomic mass is 35.5. The van der Waals surface area contributed by atoms with Crippen LogP contribution in [-0.4, -0.2) is 24.1 Å². The molecule has 0 atom stereocenters. The smallest absolute Gasteiger partial charge is 0.307 e. The SMILES string of the molecule is COc1ccccc1-c1cccc(C(=O)Nc2ccc(Oc3ccc(CC(=O)O)cc3Cl)cc2)c1. The van der Waals surface area contributed by atoms with E-state index in [-0.39, 0.29) is 12.3 Å². The van der Waals surface area contributed by atoms with Gasteiger partial charge in [-0.25, -0.2) is 0 Å². The number of anilines is 1. The van der Waals surface area contributed by atoms with Crippen LogP contribution in [0.15, 0.2) is 91.0 Å². The van der Waals surface area contributed by atoms with Gasteiger partial charge in [-0.2, -0.15) is 0 Å². The first-order valence-corrected chi connectivity index (χ1v) is 11.1. The third kappa shape index (κ3) is 5.99. The summed E-state index contributed by atoms with van der Waals surface area (Å²) in [6, 6.07) is 26.7. The van der Waals surface area contributed by atoms with Gasteiger partial charge in [0, 0.05) is 16.8 Å². The van der Waals surface area contributed by atoms with Gasteiger partial charge in [0.05, 0.1) is 18.6 Å². The lowest BCUT2D eigenvalue weighted by atomic mass is 10.0. The number of nitrogens with one attached hydrogen (secondary N) is 1. The summed E-state index contributed by atoms with van der Waals surface area (Å²) in [6.45, 7) is 0. The largest absolute Gasteiger partial charge is 0.496 e. The summed E-state index contributed by atoms with van der Waals surface area (Å²) >= 11 is 6.22. The predicted octanol–water partition coefficient (Wildman–Crippen LogP) is 6.69. The molecule has 0 saturated heterocycles. The Balaban J connectivity index is 1.44. The number of carbonyl (C=O) groups is 2. The fraction of sp³-hybridized carbons (Fsp3) is 0.0714. The van der Waals surface area contributed by atoms with Crippen LogP contribution in [0.3, 0.4) is 0 Å². The highest BCUT2D eigenvalue weighted by molar-refractivity contribution is 6.32.